The highest BCUT2D eigenvalue weighted by Crippen LogP contribution is 2.38. The minimum Gasteiger partial charge on any atom is -0.317 e. The summed E-state index contributed by atoms with van der Waals surface area (Å²) in [5.41, 5.74) is 0. The van der Waals surface area contributed by atoms with Crippen LogP contribution in [0.5, 0.6) is 0 Å². The Balaban J connectivity index is 1.65. The van der Waals surface area contributed by atoms with Gasteiger partial charge in [0.15, 0.2) is 0 Å². The summed E-state index contributed by atoms with van der Waals surface area (Å²) in [7, 11) is 2.15. The number of likely N-dealkylation sites (tertiary alicyclic amines) is 1. The maximum Gasteiger partial charge on any atom is 0.0126 e. The van der Waals surface area contributed by atoms with Crippen LogP contribution in [-0.4, -0.2) is 36.6 Å². The van der Waals surface area contributed by atoms with Crippen LogP contribution in [0.2, 0.25) is 0 Å². The zero-order valence-electron chi connectivity index (χ0n) is 12.0. The highest BCUT2D eigenvalue weighted by molar-refractivity contribution is 4.93. The molecule has 18 heavy (non-hydrogen) atoms. The molecule has 2 heteroatoms. The molecule has 2 nitrogen and oxygen atoms in total. The second kappa shape index (κ2) is 5.92. The van der Waals surface area contributed by atoms with Crippen LogP contribution < -0.4 is 5.32 Å². The molecule has 0 spiro atoms. The first-order chi connectivity index (χ1) is 8.88. The average molecular weight is 250 g/mol. The van der Waals surface area contributed by atoms with Crippen LogP contribution in [0.15, 0.2) is 0 Å². The summed E-state index contributed by atoms with van der Waals surface area (Å²) in [5, 5.41) is 3.52. The first-order valence-corrected chi connectivity index (χ1v) is 8.31. The molecular formula is C16H30N2. The maximum absolute atomic E-state index is 3.52. The fraction of sp³-hybridized carbons (Fsp3) is 1.00. The number of fused-ring (bicyclic) bond motifs is 1. The molecule has 3 fully saturated rings. The summed E-state index contributed by atoms with van der Waals surface area (Å²) in [5.74, 6) is 1.04. The SMILES string of the molecule is CNC1CCCC(N2CCC[C@H]3CCCC[C@H]32)C1. The molecule has 0 aromatic rings. The molecule has 1 aliphatic heterocycles. The number of hydrogen-bond acceptors (Lipinski definition) is 2. The van der Waals surface area contributed by atoms with Gasteiger partial charge in [-0.25, -0.2) is 0 Å². The molecule has 3 rings (SSSR count). The molecule has 1 saturated heterocycles. The van der Waals surface area contributed by atoms with Crippen LogP contribution in [-0.2, 0) is 0 Å². The highest BCUT2D eigenvalue weighted by atomic mass is 15.2. The lowest BCUT2D eigenvalue weighted by Gasteiger charge is -2.49. The number of hydrogen-bond donors (Lipinski definition) is 1. The lowest BCUT2D eigenvalue weighted by molar-refractivity contribution is 0.00899. The topological polar surface area (TPSA) is 15.3 Å². The molecule has 0 radical (unpaired) electrons. The van der Waals surface area contributed by atoms with E-state index in [0.29, 0.717) is 0 Å². The van der Waals surface area contributed by atoms with E-state index in [1.807, 2.05) is 0 Å². The molecule has 0 aromatic heterocycles. The lowest BCUT2D eigenvalue weighted by atomic mass is 9.76. The predicted molar refractivity (Wildman–Crippen MR) is 76.8 cm³/mol. The predicted octanol–water partition coefficient (Wildman–Crippen LogP) is 3.17. The molecule has 0 aromatic carbocycles. The Hall–Kier alpha value is -0.0800. The van der Waals surface area contributed by atoms with Crippen molar-refractivity contribution in [3.05, 3.63) is 0 Å². The summed E-state index contributed by atoms with van der Waals surface area (Å²) < 4.78 is 0. The molecule has 0 amide bonds. The van der Waals surface area contributed by atoms with Gasteiger partial charge in [0, 0.05) is 18.1 Å². The van der Waals surface area contributed by atoms with E-state index in [1.165, 1.54) is 70.8 Å². The van der Waals surface area contributed by atoms with Crippen molar-refractivity contribution in [1.29, 1.82) is 0 Å². The van der Waals surface area contributed by atoms with E-state index in [4.69, 9.17) is 0 Å². The first-order valence-electron chi connectivity index (χ1n) is 8.31. The van der Waals surface area contributed by atoms with Gasteiger partial charge in [-0.3, -0.25) is 4.90 Å². The van der Waals surface area contributed by atoms with Crippen molar-refractivity contribution in [2.45, 2.75) is 82.3 Å². The number of rotatable bonds is 2. The van der Waals surface area contributed by atoms with E-state index in [-0.39, 0.29) is 0 Å². The smallest absolute Gasteiger partial charge is 0.0126 e. The molecule has 104 valence electrons. The maximum atomic E-state index is 3.52. The van der Waals surface area contributed by atoms with E-state index in [0.717, 1.165) is 24.0 Å². The van der Waals surface area contributed by atoms with Crippen molar-refractivity contribution >= 4 is 0 Å². The quantitative estimate of drug-likeness (QED) is 0.810. The molecule has 4 atom stereocenters. The number of piperidine rings is 1. The highest BCUT2D eigenvalue weighted by Gasteiger charge is 2.37. The molecule has 2 unspecified atom stereocenters. The Morgan fingerprint density at radius 2 is 1.72 bits per heavy atom. The summed E-state index contributed by atoms with van der Waals surface area (Å²) in [6, 6.07) is 2.63. The second-order valence-corrected chi connectivity index (χ2v) is 6.80. The minimum atomic E-state index is 0.785. The van der Waals surface area contributed by atoms with Crippen molar-refractivity contribution in [3.8, 4) is 0 Å². The molecule has 2 aliphatic carbocycles. The summed E-state index contributed by atoms with van der Waals surface area (Å²) in [4.78, 5) is 2.94. The Labute approximate surface area is 113 Å². The van der Waals surface area contributed by atoms with Crippen molar-refractivity contribution in [1.82, 2.24) is 10.2 Å². The van der Waals surface area contributed by atoms with E-state index < -0.39 is 0 Å². The third kappa shape index (κ3) is 2.60. The minimum absolute atomic E-state index is 0.785. The van der Waals surface area contributed by atoms with Gasteiger partial charge in [-0.2, -0.15) is 0 Å². The zero-order valence-corrected chi connectivity index (χ0v) is 12.0. The van der Waals surface area contributed by atoms with E-state index in [9.17, 15) is 0 Å². The van der Waals surface area contributed by atoms with Crippen molar-refractivity contribution in [2.24, 2.45) is 5.92 Å². The molecule has 1 heterocycles. The fourth-order valence-corrected chi connectivity index (χ4v) is 4.84. The van der Waals surface area contributed by atoms with E-state index in [2.05, 4.69) is 17.3 Å². The summed E-state index contributed by atoms with van der Waals surface area (Å²) >= 11 is 0. The average Bonchev–Trinajstić information content (AvgIpc) is 2.47. The zero-order chi connectivity index (χ0) is 12.4. The summed E-state index contributed by atoms with van der Waals surface area (Å²) in [6.45, 7) is 1.39. The van der Waals surface area contributed by atoms with Crippen molar-refractivity contribution in [3.63, 3.8) is 0 Å². The van der Waals surface area contributed by atoms with Crippen LogP contribution in [0.4, 0.5) is 0 Å². The van der Waals surface area contributed by atoms with Gasteiger partial charge < -0.3 is 5.32 Å². The largest absolute Gasteiger partial charge is 0.317 e. The second-order valence-electron chi connectivity index (χ2n) is 6.80. The molecule has 3 aliphatic rings. The lowest BCUT2D eigenvalue weighted by Crippen LogP contribution is -2.54. The van der Waals surface area contributed by atoms with Crippen LogP contribution in [0.1, 0.15) is 64.2 Å². The standard InChI is InChI=1S/C16H30N2/c1-17-14-8-4-9-15(12-14)18-11-5-7-13-6-2-3-10-16(13)18/h13-17H,2-12H2,1H3/t13-,14?,15?,16-/m1/s1. The fourth-order valence-electron chi connectivity index (χ4n) is 4.84. The number of nitrogens with one attached hydrogen (secondary N) is 1. The Morgan fingerprint density at radius 3 is 2.61 bits per heavy atom. The molecule has 2 saturated carbocycles. The molecule has 0 bridgehead atoms. The van der Waals surface area contributed by atoms with Gasteiger partial charge in [0.1, 0.15) is 0 Å². The van der Waals surface area contributed by atoms with Gasteiger partial charge in [-0.15, -0.1) is 0 Å². The van der Waals surface area contributed by atoms with E-state index in [1.54, 1.807) is 0 Å². The van der Waals surface area contributed by atoms with Crippen LogP contribution >= 0.6 is 0 Å². The van der Waals surface area contributed by atoms with Gasteiger partial charge in [-0.1, -0.05) is 19.3 Å². The van der Waals surface area contributed by atoms with E-state index >= 15 is 0 Å². The third-order valence-corrected chi connectivity index (χ3v) is 5.81. The Bertz CT molecular complexity index is 264. The van der Waals surface area contributed by atoms with Gasteiger partial charge in [0.25, 0.3) is 0 Å². The van der Waals surface area contributed by atoms with Crippen LogP contribution in [0.25, 0.3) is 0 Å². The molecular weight excluding hydrogens is 220 g/mol. The van der Waals surface area contributed by atoms with Crippen molar-refractivity contribution in [2.75, 3.05) is 13.6 Å². The third-order valence-electron chi connectivity index (χ3n) is 5.81. The number of nitrogens with zero attached hydrogens (tertiary/aromatic N) is 1. The van der Waals surface area contributed by atoms with Gasteiger partial charge in [0.05, 0.1) is 0 Å². The van der Waals surface area contributed by atoms with Crippen molar-refractivity contribution < 1.29 is 0 Å². The van der Waals surface area contributed by atoms with Gasteiger partial charge in [0.2, 0.25) is 0 Å². The normalized spacial score (nSPS) is 42.5. The van der Waals surface area contributed by atoms with Gasteiger partial charge >= 0.3 is 0 Å². The Morgan fingerprint density at radius 1 is 0.889 bits per heavy atom. The monoisotopic (exact) mass is 250 g/mol. The van der Waals surface area contributed by atoms with Crippen LogP contribution in [0, 0.1) is 5.92 Å². The first kappa shape index (κ1) is 12.9. The Kier molecular flexibility index (Phi) is 4.25. The van der Waals surface area contributed by atoms with Crippen LogP contribution in [0.3, 0.4) is 0 Å². The van der Waals surface area contributed by atoms with Gasteiger partial charge in [-0.05, 0) is 64.5 Å². The molecule has 1 N–H and O–H groups in total. The summed E-state index contributed by atoms with van der Waals surface area (Å²) in [6.07, 6.45) is 14.7.